The summed E-state index contributed by atoms with van der Waals surface area (Å²) >= 11 is 0. The molecule has 0 saturated heterocycles. The van der Waals surface area contributed by atoms with Crippen LogP contribution in [0, 0.1) is 0 Å². The van der Waals surface area contributed by atoms with Gasteiger partial charge in [-0.1, -0.05) is 178 Å². The second-order valence-electron chi connectivity index (χ2n) is 13.9. The van der Waals surface area contributed by atoms with E-state index in [0.717, 1.165) is 77.0 Å². The van der Waals surface area contributed by atoms with Crippen LogP contribution in [0.25, 0.3) is 0 Å². The Morgan fingerprint density at radius 3 is 1.17 bits per heavy atom. The summed E-state index contributed by atoms with van der Waals surface area (Å²) < 4.78 is 16.6. The van der Waals surface area contributed by atoms with E-state index in [0.29, 0.717) is 19.3 Å². The molecule has 0 saturated carbocycles. The average Bonchev–Trinajstić information content (AvgIpc) is 3.14. The minimum atomic E-state index is -0.788. The first-order valence-electron chi connectivity index (χ1n) is 21.3. The van der Waals surface area contributed by atoms with Gasteiger partial charge in [-0.3, -0.25) is 14.4 Å². The number of carbonyl (C=O) groups excluding carboxylic acids is 3. The molecule has 1 unspecified atom stereocenters. The summed E-state index contributed by atoms with van der Waals surface area (Å²) in [6.45, 7) is 6.40. The summed E-state index contributed by atoms with van der Waals surface area (Å²) in [5.41, 5.74) is 0. The Morgan fingerprint density at radius 2 is 0.750 bits per heavy atom. The number of hydrogen-bond donors (Lipinski definition) is 0. The van der Waals surface area contributed by atoms with Crippen molar-refractivity contribution in [3.05, 3.63) is 60.8 Å². The van der Waals surface area contributed by atoms with E-state index >= 15 is 0 Å². The van der Waals surface area contributed by atoms with Crippen molar-refractivity contribution >= 4 is 17.9 Å². The van der Waals surface area contributed by atoms with Gasteiger partial charge in [0.2, 0.25) is 0 Å². The van der Waals surface area contributed by atoms with Gasteiger partial charge in [-0.25, -0.2) is 0 Å². The van der Waals surface area contributed by atoms with Crippen molar-refractivity contribution in [1.29, 1.82) is 0 Å². The maximum absolute atomic E-state index is 12.6. The largest absolute Gasteiger partial charge is 0.462 e. The fourth-order valence-corrected chi connectivity index (χ4v) is 5.59. The van der Waals surface area contributed by atoms with E-state index in [-0.39, 0.29) is 37.5 Å². The zero-order valence-corrected chi connectivity index (χ0v) is 33.8. The highest BCUT2D eigenvalue weighted by molar-refractivity contribution is 5.71. The Kier molecular flexibility index (Phi) is 38.6. The molecule has 0 aromatic rings. The first kappa shape index (κ1) is 49.1. The number of esters is 3. The Hall–Kier alpha value is -2.89. The van der Waals surface area contributed by atoms with Gasteiger partial charge in [0, 0.05) is 19.3 Å². The molecule has 0 N–H and O–H groups in total. The fourth-order valence-electron chi connectivity index (χ4n) is 5.59. The maximum atomic E-state index is 12.6. The van der Waals surface area contributed by atoms with Crippen molar-refractivity contribution in [2.75, 3.05) is 13.2 Å². The second-order valence-corrected chi connectivity index (χ2v) is 13.9. The molecule has 0 aromatic carbocycles. The predicted octanol–water partition coefficient (Wildman–Crippen LogP) is 13.4. The Bertz CT molecular complexity index is 975. The van der Waals surface area contributed by atoms with Gasteiger partial charge in [0.15, 0.2) is 6.10 Å². The number of rotatable bonds is 37. The third-order valence-corrected chi connectivity index (χ3v) is 8.79. The maximum Gasteiger partial charge on any atom is 0.306 e. The summed E-state index contributed by atoms with van der Waals surface area (Å²) in [7, 11) is 0. The number of allylic oxidation sites excluding steroid dienone is 10. The lowest BCUT2D eigenvalue weighted by molar-refractivity contribution is -0.167. The van der Waals surface area contributed by atoms with E-state index < -0.39 is 6.10 Å². The monoisotopic (exact) mass is 727 g/mol. The standard InChI is InChI=1S/C46H78O6/c1-4-7-10-13-16-19-20-21-22-23-24-25-26-28-30-33-36-39-45(48)51-42-43(41-50-44(47)38-35-32-29-18-15-12-9-6-3)52-46(49)40-37-34-31-27-17-14-11-8-5-2/h7,10,16,19,21-22,24-25,28,30,43H,4-6,8-9,11-15,17-18,20,23,26-27,29,31-42H2,1-3H3/b10-7-,19-16-,22-21-,25-24-,30-28-. The molecule has 0 aliphatic heterocycles. The summed E-state index contributed by atoms with van der Waals surface area (Å²) in [6, 6.07) is 0. The summed E-state index contributed by atoms with van der Waals surface area (Å²) in [4.78, 5) is 37.5. The highest BCUT2D eigenvalue weighted by atomic mass is 16.6. The molecular formula is C46H78O6. The molecular weight excluding hydrogens is 648 g/mol. The molecule has 0 aliphatic carbocycles. The molecule has 0 spiro atoms. The van der Waals surface area contributed by atoms with Gasteiger partial charge in [-0.2, -0.15) is 0 Å². The summed E-state index contributed by atoms with van der Waals surface area (Å²) in [5, 5.41) is 0. The molecule has 6 nitrogen and oxygen atoms in total. The van der Waals surface area contributed by atoms with Crippen LogP contribution in [-0.4, -0.2) is 37.2 Å². The SMILES string of the molecule is CC/C=C\C/C=C\C/C=C\C/C=C\C/C=C\CCCC(=O)OCC(COC(=O)CCCCCCCCCC)OC(=O)CCCCCCCCCCC. The van der Waals surface area contributed by atoms with Crippen molar-refractivity contribution in [2.45, 2.75) is 200 Å². The lowest BCUT2D eigenvalue weighted by atomic mass is 10.1. The number of unbranched alkanes of at least 4 members (excludes halogenated alkanes) is 16. The van der Waals surface area contributed by atoms with E-state index in [9.17, 15) is 14.4 Å². The minimum absolute atomic E-state index is 0.0906. The highest BCUT2D eigenvalue weighted by Crippen LogP contribution is 2.13. The third kappa shape index (κ3) is 38.3. The molecule has 0 heterocycles. The van der Waals surface area contributed by atoms with Gasteiger partial charge in [0.05, 0.1) is 0 Å². The minimum Gasteiger partial charge on any atom is -0.462 e. The molecule has 0 fully saturated rings. The Labute approximate surface area is 320 Å². The molecule has 0 rings (SSSR count). The lowest BCUT2D eigenvalue weighted by Gasteiger charge is -2.18. The van der Waals surface area contributed by atoms with Crippen molar-refractivity contribution in [3.63, 3.8) is 0 Å². The molecule has 52 heavy (non-hydrogen) atoms. The van der Waals surface area contributed by atoms with E-state index in [4.69, 9.17) is 14.2 Å². The van der Waals surface area contributed by atoms with Crippen LogP contribution in [0.1, 0.15) is 194 Å². The van der Waals surface area contributed by atoms with Gasteiger partial charge in [-0.05, 0) is 57.8 Å². The molecule has 6 heteroatoms. The Balaban J connectivity index is 4.41. The van der Waals surface area contributed by atoms with E-state index in [1.165, 1.54) is 70.6 Å². The van der Waals surface area contributed by atoms with Crippen LogP contribution in [0.5, 0.6) is 0 Å². The van der Waals surface area contributed by atoms with Crippen LogP contribution in [0.4, 0.5) is 0 Å². The molecule has 0 bridgehead atoms. The molecule has 298 valence electrons. The van der Waals surface area contributed by atoms with E-state index in [2.05, 4.69) is 81.5 Å². The van der Waals surface area contributed by atoms with Crippen LogP contribution in [0.3, 0.4) is 0 Å². The van der Waals surface area contributed by atoms with Gasteiger partial charge < -0.3 is 14.2 Å². The van der Waals surface area contributed by atoms with Gasteiger partial charge in [0.1, 0.15) is 13.2 Å². The number of ether oxygens (including phenoxy) is 3. The predicted molar refractivity (Wildman–Crippen MR) is 219 cm³/mol. The van der Waals surface area contributed by atoms with E-state index in [1.807, 2.05) is 0 Å². The van der Waals surface area contributed by atoms with Crippen LogP contribution < -0.4 is 0 Å². The fraction of sp³-hybridized carbons (Fsp3) is 0.717. The smallest absolute Gasteiger partial charge is 0.306 e. The Morgan fingerprint density at radius 1 is 0.404 bits per heavy atom. The molecule has 0 aromatic heterocycles. The molecule has 0 amide bonds. The normalized spacial score (nSPS) is 12.6. The second kappa shape index (κ2) is 40.9. The quantitative estimate of drug-likeness (QED) is 0.0274. The van der Waals surface area contributed by atoms with Crippen LogP contribution >= 0.6 is 0 Å². The zero-order valence-electron chi connectivity index (χ0n) is 33.8. The average molecular weight is 727 g/mol. The van der Waals surface area contributed by atoms with Gasteiger partial charge in [0.25, 0.3) is 0 Å². The van der Waals surface area contributed by atoms with Crippen molar-refractivity contribution in [3.8, 4) is 0 Å². The van der Waals surface area contributed by atoms with Crippen molar-refractivity contribution in [1.82, 2.24) is 0 Å². The van der Waals surface area contributed by atoms with Crippen LogP contribution in [-0.2, 0) is 28.6 Å². The lowest BCUT2D eigenvalue weighted by Crippen LogP contribution is -2.30. The first-order chi connectivity index (χ1) is 25.5. The van der Waals surface area contributed by atoms with Gasteiger partial charge >= 0.3 is 17.9 Å². The van der Waals surface area contributed by atoms with Crippen LogP contribution in [0.15, 0.2) is 60.8 Å². The zero-order chi connectivity index (χ0) is 38.0. The third-order valence-electron chi connectivity index (χ3n) is 8.79. The molecule has 1 atom stereocenters. The van der Waals surface area contributed by atoms with Crippen molar-refractivity contribution < 1.29 is 28.6 Å². The van der Waals surface area contributed by atoms with Crippen LogP contribution in [0.2, 0.25) is 0 Å². The summed E-state index contributed by atoms with van der Waals surface area (Å²) in [5.74, 6) is -0.964. The molecule has 0 radical (unpaired) electrons. The summed E-state index contributed by atoms with van der Waals surface area (Å²) in [6.07, 6.45) is 47.9. The van der Waals surface area contributed by atoms with Crippen molar-refractivity contribution in [2.24, 2.45) is 0 Å². The number of carbonyl (C=O) groups is 3. The van der Waals surface area contributed by atoms with Gasteiger partial charge in [-0.15, -0.1) is 0 Å². The first-order valence-corrected chi connectivity index (χ1v) is 21.3. The molecule has 0 aliphatic rings. The topological polar surface area (TPSA) is 78.9 Å². The highest BCUT2D eigenvalue weighted by Gasteiger charge is 2.19. The number of hydrogen-bond acceptors (Lipinski definition) is 6. The van der Waals surface area contributed by atoms with E-state index in [1.54, 1.807) is 0 Å².